The molecule has 5 heteroatoms. The molecule has 2 N–H and O–H groups in total. The van der Waals surface area contributed by atoms with Crippen LogP contribution in [-0.4, -0.2) is 42.9 Å². The van der Waals surface area contributed by atoms with Crippen LogP contribution in [0.15, 0.2) is 48.5 Å². The lowest BCUT2D eigenvalue weighted by atomic mass is 10.1. The molecule has 2 amide bonds. The molecule has 0 saturated carbocycles. The van der Waals surface area contributed by atoms with E-state index in [0.717, 1.165) is 24.1 Å². The second kappa shape index (κ2) is 8.15. The summed E-state index contributed by atoms with van der Waals surface area (Å²) in [6.45, 7) is 3.85. The molecule has 136 valence electrons. The molecule has 26 heavy (non-hydrogen) atoms. The Balaban J connectivity index is 1.74. The molecule has 0 bridgehead atoms. The summed E-state index contributed by atoms with van der Waals surface area (Å²) in [5.41, 5.74) is 9.56. The van der Waals surface area contributed by atoms with E-state index in [1.165, 1.54) is 5.56 Å². The third-order valence-electron chi connectivity index (χ3n) is 4.80. The van der Waals surface area contributed by atoms with Crippen molar-refractivity contribution in [3.63, 3.8) is 0 Å². The second-order valence-electron chi connectivity index (χ2n) is 6.58. The molecule has 1 aliphatic rings. The Morgan fingerprint density at radius 3 is 2.58 bits per heavy atom. The Kier molecular flexibility index (Phi) is 5.68. The third-order valence-corrected chi connectivity index (χ3v) is 4.80. The molecule has 0 unspecified atom stereocenters. The number of nitrogens with two attached hydrogens (primary N) is 1. The average Bonchev–Trinajstić information content (AvgIpc) is 3.09. The molecule has 0 aromatic heterocycles. The first-order valence-corrected chi connectivity index (χ1v) is 9.04. The van der Waals surface area contributed by atoms with Crippen LogP contribution < -0.4 is 10.6 Å². The molecule has 0 fully saturated rings. The second-order valence-corrected chi connectivity index (χ2v) is 6.58. The quantitative estimate of drug-likeness (QED) is 0.868. The van der Waals surface area contributed by atoms with Gasteiger partial charge in [0.2, 0.25) is 5.91 Å². The average molecular weight is 351 g/mol. The molecule has 0 spiro atoms. The normalized spacial score (nSPS) is 12.8. The molecule has 0 atom stereocenters. The van der Waals surface area contributed by atoms with Crippen LogP contribution in [0.4, 0.5) is 5.69 Å². The van der Waals surface area contributed by atoms with Gasteiger partial charge in [0.25, 0.3) is 5.91 Å². The van der Waals surface area contributed by atoms with Crippen molar-refractivity contribution in [2.24, 2.45) is 5.73 Å². The number of carbonyl (C=O) groups is 2. The van der Waals surface area contributed by atoms with Crippen LogP contribution in [0.25, 0.3) is 0 Å². The van der Waals surface area contributed by atoms with Crippen molar-refractivity contribution in [2.75, 3.05) is 31.1 Å². The Labute approximate surface area is 154 Å². The highest BCUT2D eigenvalue weighted by atomic mass is 16.2. The van der Waals surface area contributed by atoms with Crippen LogP contribution in [0.3, 0.4) is 0 Å². The molecular weight excluding hydrogens is 326 g/mol. The Morgan fingerprint density at radius 1 is 1.12 bits per heavy atom. The fraction of sp³-hybridized carbons (Fsp3) is 0.333. The minimum atomic E-state index is -0.00421. The summed E-state index contributed by atoms with van der Waals surface area (Å²) < 4.78 is 0. The molecular formula is C21H25N3O2. The number of rotatable bonds is 6. The van der Waals surface area contributed by atoms with Crippen molar-refractivity contribution < 1.29 is 9.59 Å². The lowest BCUT2D eigenvalue weighted by Gasteiger charge is -2.23. The van der Waals surface area contributed by atoms with E-state index in [2.05, 4.69) is 12.1 Å². The minimum absolute atomic E-state index is 0.00421. The lowest BCUT2D eigenvalue weighted by Crippen LogP contribution is -2.37. The van der Waals surface area contributed by atoms with Crippen molar-refractivity contribution in [1.29, 1.82) is 0 Å². The van der Waals surface area contributed by atoms with Gasteiger partial charge in [0.15, 0.2) is 0 Å². The Morgan fingerprint density at radius 2 is 1.88 bits per heavy atom. The number of hydrogen-bond donors (Lipinski definition) is 1. The fourth-order valence-electron chi connectivity index (χ4n) is 3.42. The van der Waals surface area contributed by atoms with Gasteiger partial charge in [0, 0.05) is 44.4 Å². The molecule has 0 saturated heterocycles. The first kappa shape index (κ1) is 18.1. The molecule has 3 rings (SSSR count). The van der Waals surface area contributed by atoms with Gasteiger partial charge in [-0.1, -0.05) is 30.3 Å². The third kappa shape index (κ3) is 3.94. The zero-order valence-electron chi connectivity index (χ0n) is 15.1. The van der Waals surface area contributed by atoms with Crippen LogP contribution in [-0.2, 0) is 17.6 Å². The molecule has 0 radical (unpaired) electrons. The predicted octanol–water partition coefficient (Wildman–Crippen LogP) is 2.24. The Hall–Kier alpha value is -2.66. The number of carbonyl (C=O) groups excluding carboxylic acids is 2. The SMILES string of the molecule is CC(=O)N1CCc2cc(C(=O)N(CCN)CCc3ccccc3)ccc21. The largest absolute Gasteiger partial charge is 0.337 e. The van der Waals surface area contributed by atoms with E-state index in [0.29, 0.717) is 31.7 Å². The van der Waals surface area contributed by atoms with E-state index in [1.54, 1.807) is 11.8 Å². The van der Waals surface area contributed by atoms with Gasteiger partial charge in [0.05, 0.1) is 0 Å². The number of amides is 2. The van der Waals surface area contributed by atoms with E-state index in [9.17, 15) is 9.59 Å². The van der Waals surface area contributed by atoms with Gasteiger partial charge in [-0.2, -0.15) is 0 Å². The summed E-state index contributed by atoms with van der Waals surface area (Å²) in [5.74, 6) is 0.0332. The first-order chi connectivity index (χ1) is 12.6. The fourth-order valence-corrected chi connectivity index (χ4v) is 3.42. The van der Waals surface area contributed by atoms with E-state index >= 15 is 0 Å². The highest BCUT2D eigenvalue weighted by molar-refractivity contribution is 5.97. The van der Waals surface area contributed by atoms with E-state index < -0.39 is 0 Å². The lowest BCUT2D eigenvalue weighted by molar-refractivity contribution is -0.116. The maximum atomic E-state index is 13.0. The summed E-state index contributed by atoms with van der Waals surface area (Å²) in [7, 11) is 0. The van der Waals surface area contributed by atoms with Crippen molar-refractivity contribution >= 4 is 17.5 Å². The summed E-state index contributed by atoms with van der Waals surface area (Å²) in [4.78, 5) is 28.2. The van der Waals surface area contributed by atoms with Crippen molar-refractivity contribution in [1.82, 2.24) is 4.90 Å². The summed E-state index contributed by atoms with van der Waals surface area (Å²) in [5, 5.41) is 0. The molecule has 2 aromatic carbocycles. The van der Waals surface area contributed by atoms with E-state index in [1.807, 2.05) is 41.3 Å². The molecule has 1 heterocycles. The van der Waals surface area contributed by atoms with Crippen LogP contribution in [0.5, 0.6) is 0 Å². The highest BCUT2D eigenvalue weighted by Gasteiger charge is 2.24. The van der Waals surface area contributed by atoms with Gasteiger partial charge in [-0.3, -0.25) is 9.59 Å². The summed E-state index contributed by atoms with van der Waals surface area (Å²) >= 11 is 0. The van der Waals surface area contributed by atoms with Gasteiger partial charge >= 0.3 is 0 Å². The number of anilines is 1. The van der Waals surface area contributed by atoms with Crippen LogP contribution in [0.1, 0.15) is 28.4 Å². The maximum absolute atomic E-state index is 13.0. The number of hydrogen-bond acceptors (Lipinski definition) is 3. The topological polar surface area (TPSA) is 66.6 Å². The smallest absolute Gasteiger partial charge is 0.253 e. The zero-order chi connectivity index (χ0) is 18.5. The van der Waals surface area contributed by atoms with Crippen molar-refractivity contribution in [3.05, 3.63) is 65.2 Å². The molecule has 5 nitrogen and oxygen atoms in total. The zero-order valence-corrected chi connectivity index (χ0v) is 15.1. The van der Waals surface area contributed by atoms with Gasteiger partial charge in [0.1, 0.15) is 0 Å². The predicted molar refractivity (Wildman–Crippen MR) is 103 cm³/mol. The van der Waals surface area contributed by atoms with Crippen molar-refractivity contribution in [3.8, 4) is 0 Å². The van der Waals surface area contributed by atoms with Crippen LogP contribution in [0, 0.1) is 0 Å². The van der Waals surface area contributed by atoms with Crippen LogP contribution in [0.2, 0.25) is 0 Å². The highest BCUT2D eigenvalue weighted by Crippen LogP contribution is 2.29. The maximum Gasteiger partial charge on any atom is 0.253 e. The van der Waals surface area contributed by atoms with Gasteiger partial charge in [-0.05, 0) is 42.2 Å². The first-order valence-electron chi connectivity index (χ1n) is 9.04. The number of nitrogens with zero attached hydrogens (tertiary/aromatic N) is 2. The van der Waals surface area contributed by atoms with Crippen LogP contribution >= 0.6 is 0 Å². The van der Waals surface area contributed by atoms with E-state index in [-0.39, 0.29) is 11.8 Å². The van der Waals surface area contributed by atoms with Gasteiger partial charge in [-0.15, -0.1) is 0 Å². The minimum Gasteiger partial charge on any atom is -0.337 e. The van der Waals surface area contributed by atoms with Gasteiger partial charge < -0.3 is 15.5 Å². The Bertz CT molecular complexity index is 789. The van der Waals surface area contributed by atoms with Gasteiger partial charge in [-0.25, -0.2) is 0 Å². The number of fused-ring (bicyclic) bond motifs is 1. The standard InChI is InChI=1S/C21H25N3O2/c1-16(25)24-13-10-18-15-19(7-8-20(18)24)21(26)23(14-11-22)12-9-17-5-3-2-4-6-17/h2-8,15H,9-14,22H2,1H3. The molecule has 1 aliphatic heterocycles. The monoisotopic (exact) mass is 351 g/mol. The summed E-state index contributed by atoms with van der Waals surface area (Å²) in [6.07, 6.45) is 1.59. The van der Waals surface area contributed by atoms with E-state index in [4.69, 9.17) is 5.73 Å². The summed E-state index contributed by atoms with van der Waals surface area (Å²) in [6, 6.07) is 15.8. The van der Waals surface area contributed by atoms with Crippen molar-refractivity contribution in [2.45, 2.75) is 19.8 Å². The molecule has 0 aliphatic carbocycles. The number of benzene rings is 2. The molecule has 2 aromatic rings.